The molecule has 0 spiro atoms. The smallest absolute Gasteiger partial charge is 0.408 e. The fraction of sp³-hybridized carbons (Fsp3) is 0.500. The van der Waals surface area contributed by atoms with Gasteiger partial charge in [-0.1, -0.05) is 30.3 Å². The van der Waals surface area contributed by atoms with E-state index in [1.165, 1.54) is 16.8 Å². The molecule has 11 heteroatoms. The van der Waals surface area contributed by atoms with E-state index < -0.39 is 53.3 Å². The second-order valence-corrected chi connectivity index (χ2v) is 9.68. The fourth-order valence-corrected chi connectivity index (χ4v) is 4.25. The number of alkyl carbamates (subject to hydrolysis) is 1. The lowest BCUT2D eigenvalue weighted by molar-refractivity contribution is -0.125. The van der Waals surface area contributed by atoms with Gasteiger partial charge in [0, 0.05) is 25.1 Å². The number of hydrogen-bond acceptors (Lipinski definition) is 7. The predicted molar refractivity (Wildman–Crippen MR) is 125 cm³/mol. The Balaban J connectivity index is 1.44. The van der Waals surface area contributed by atoms with Crippen LogP contribution in [-0.4, -0.2) is 58.1 Å². The number of ether oxygens (including phenoxy) is 3. The molecule has 2 aliphatic rings. The van der Waals surface area contributed by atoms with Crippen LogP contribution in [0.25, 0.3) is 0 Å². The van der Waals surface area contributed by atoms with Gasteiger partial charge in [0.05, 0.1) is 18.8 Å². The quantitative estimate of drug-likeness (QED) is 0.550. The minimum Gasteiger partial charge on any atom is -0.444 e. The predicted octanol–water partition coefficient (Wildman–Crippen LogP) is 0.844. The molecule has 0 saturated carbocycles. The highest BCUT2D eigenvalue weighted by Crippen LogP contribution is 2.35. The molecule has 3 N–H and O–H groups in total. The zero-order chi connectivity index (χ0) is 25.2. The molecule has 3 heterocycles. The Kier molecular flexibility index (Phi) is 7.08. The lowest BCUT2D eigenvalue weighted by atomic mass is 10.0. The molecule has 2 aromatic rings. The summed E-state index contributed by atoms with van der Waals surface area (Å²) < 4.78 is 18.5. The number of H-pyrrole nitrogens is 1. The van der Waals surface area contributed by atoms with E-state index in [4.69, 9.17) is 14.2 Å². The molecule has 5 atom stereocenters. The van der Waals surface area contributed by atoms with Crippen molar-refractivity contribution in [2.75, 3.05) is 6.61 Å². The molecule has 2 fully saturated rings. The monoisotopic (exact) mass is 486 g/mol. The van der Waals surface area contributed by atoms with Crippen LogP contribution in [0.5, 0.6) is 0 Å². The molecule has 188 valence electrons. The molecule has 2 saturated heterocycles. The molecule has 1 aromatic carbocycles. The van der Waals surface area contributed by atoms with Gasteiger partial charge in [0.15, 0.2) is 0 Å². The Labute approximate surface area is 201 Å². The number of carbonyl (C=O) groups excluding carboxylic acids is 2. The maximum atomic E-state index is 13.2. The summed E-state index contributed by atoms with van der Waals surface area (Å²) in [6.07, 6.45) is -0.0904. The summed E-state index contributed by atoms with van der Waals surface area (Å²) in [5.74, 6) is -0.401. The van der Waals surface area contributed by atoms with E-state index in [0.29, 0.717) is 6.42 Å². The minimum atomic E-state index is -0.884. The average molecular weight is 487 g/mol. The highest BCUT2D eigenvalue weighted by Gasteiger charge is 2.47. The summed E-state index contributed by atoms with van der Waals surface area (Å²) in [5.41, 5.74) is -0.907. The van der Waals surface area contributed by atoms with Crippen molar-refractivity contribution in [3.05, 3.63) is 69.0 Å². The number of aromatic nitrogens is 2. The second kappa shape index (κ2) is 10.0. The van der Waals surface area contributed by atoms with Crippen LogP contribution in [0, 0.1) is 0 Å². The van der Waals surface area contributed by atoms with Crippen LogP contribution >= 0.6 is 0 Å². The number of amides is 2. The Bertz CT molecular complexity index is 1170. The van der Waals surface area contributed by atoms with Gasteiger partial charge >= 0.3 is 11.8 Å². The fourth-order valence-electron chi connectivity index (χ4n) is 4.25. The lowest BCUT2D eigenvalue weighted by Gasteiger charge is -2.25. The first-order valence-corrected chi connectivity index (χ1v) is 11.5. The van der Waals surface area contributed by atoms with Gasteiger partial charge in [-0.3, -0.25) is 19.1 Å². The Morgan fingerprint density at radius 2 is 1.94 bits per heavy atom. The third-order valence-corrected chi connectivity index (χ3v) is 5.78. The van der Waals surface area contributed by atoms with E-state index in [-0.39, 0.29) is 19.1 Å². The maximum Gasteiger partial charge on any atom is 0.408 e. The number of aromatic amines is 1. The number of nitrogens with zero attached hydrogens (tertiary/aromatic N) is 1. The van der Waals surface area contributed by atoms with Gasteiger partial charge in [-0.25, -0.2) is 9.59 Å². The van der Waals surface area contributed by atoms with Gasteiger partial charge in [-0.05, 0) is 26.3 Å². The van der Waals surface area contributed by atoms with E-state index in [0.717, 1.165) is 5.56 Å². The van der Waals surface area contributed by atoms with Gasteiger partial charge in [0.2, 0.25) is 5.91 Å². The first kappa shape index (κ1) is 24.7. The normalized spacial score (nSPS) is 24.4. The number of fused-ring (bicyclic) bond motifs is 1. The third-order valence-electron chi connectivity index (χ3n) is 5.78. The van der Waals surface area contributed by atoms with Crippen LogP contribution in [0.4, 0.5) is 4.79 Å². The molecule has 0 radical (unpaired) electrons. The SMILES string of the molecule is CC(C)(C)OC(=O)N[C@H](Cc1ccccc1)C(=O)N[C@H]1CO[C@@H]2C[C@H](n3ccc(=O)[nH]c3=O)O[C@H]12. The van der Waals surface area contributed by atoms with E-state index in [1.807, 2.05) is 30.3 Å². The lowest BCUT2D eigenvalue weighted by Crippen LogP contribution is -2.54. The van der Waals surface area contributed by atoms with Crippen molar-refractivity contribution in [1.82, 2.24) is 20.2 Å². The summed E-state index contributed by atoms with van der Waals surface area (Å²) in [7, 11) is 0. The van der Waals surface area contributed by atoms with E-state index in [2.05, 4.69) is 15.6 Å². The average Bonchev–Trinajstić information content (AvgIpc) is 3.34. The number of carbonyl (C=O) groups is 2. The Morgan fingerprint density at radius 3 is 2.63 bits per heavy atom. The first-order valence-electron chi connectivity index (χ1n) is 11.5. The third kappa shape index (κ3) is 6.17. The summed E-state index contributed by atoms with van der Waals surface area (Å²) in [4.78, 5) is 51.4. The van der Waals surface area contributed by atoms with Crippen LogP contribution < -0.4 is 21.9 Å². The molecule has 4 rings (SSSR count). The van der Waals surface area contributed by atoms with Crippen LogP contribution in [0.2, 0.25) is 0 Å². The Hall–Kier alpha value is -3.44. The van der Waals surface area contributed by atoms with Gasteiger partial charge in [0.1, 0.15) is 24.0 Å². The van der Waals surface area contributed by atoms with Gasteiger partial charge in [-0.2, -0.15) is 0 Å². The molecular weight excluding hydrogens is 456 g/mol. The number of benzene rings is 1. The molecule has 2 aliphatic heterocycles. The van der Waals surface area contributed by atoms with Crippen LogP contribution in [0.1, 0.15) is 39.0 Å². The van der Waals surface area contributed by atoms with Crippen LogP contribution in [0.15, 0.2) is 52.2 Å². The molecule has 0 aliphatic carbocycles. The number of nitrogens with one attached hydrogen (secondary N) is 3. The second-order valence-electron chi connectivity index (χ2n) is 9.68. The minimum absolute atomic E-state index is 0.235. The molecule has 1 aromatic heterocycles. The van der Waals surface area contributed by atoms with Gasteiger partial charge < -0.3 is 24.8 Å². The zero-order valence-corrected chi connectivity index (χ0v) is 19.9. The standard InChI is InChI=1S/C24H30N4O7/c1-24(2,3)35-23(32)26-15(11-14-7-5-4-6-8-14)21(30)25-16-13-33-17-12-19(34-20(16)17)28-10-9-18(29)27-22(28)31/h4-10,15-17,19-20H,11-13H2,1-3H3,(H,25,30)(H,26,32)(H,27,29,31)/t15-,16+,17-,19-,20-/m1/s1. The van der Waals surface area contributed by atoms with Crippen LogP contribution in [-0.2, 0) is 25.4 Å². The largest absolute Gasteiger partial charge is 0.444 e. The topological polar surface area (TPSA) is 141 Å². The Morgan fingerprint density at radius 1 is 1.20 bits per heavy atom. The van der Waals surface area contributed by atoms with Gasteiger partial charge in [0.25, 0.3) is 5.56 Å². The van der Waals surface area contributed by atoms with Crippen molar-refractivity contribution in [2.24, 2.45) is 0 Å². The van der Waals surface area contributed by atoms with Crippen molar-refractivity contribution in [3.63, 3.8) is 0 Å². The van der Waals surface area contributed by atoms with Crippen molar-refractivity contribution < 1.29 is 23.8 Å². The zero-order valence-electron chi connectivity index (χ0n) is 19.9. The molecule has 35 heavy (non-hydrogen) atoms. The van der Waals surface area contributed by atoms with Crippen molar-refractivity contribution >= 4 is 12.0 Å². The highest BCUT2D eigenvalue weighted by atomic mass is 16.6. The summed E-state index contributed by atoms with van der Waals surface area (Å²) in [5, 5.41) is 5.60. The number of rotatable bonds is 6. The number of hydrogen-bond donors (Lipinski definition) is 3. The molecule has 0 bridgehead atoms. The molecule has 11 nitrogen and oxygen atoms in total. The van der Waals surface area contributed by atoms with Crippen LogP contribution in [0.3, 0.4) is 0 Å². The first-order chi connectivity index (χ1) is 16.6. The van der Waals surface area contributed by atoms with E-state index >= 15 is 0 Å². The molecule has 0 unspecified atom stereocenters. The molecule has 2 amide bonds. The summed E-state index contributed by atoms with van der Waals surface area (Å²) in [6.45, 7) is 5.47. The van der Waals surface area contributed by atoms with Gasteiger partial charge in [-0.15, -0.1) is 0 Å². The van der Waals surface area contributed by atoms with Crippen molar-refractivity contribution in [3.8, 4) is 0 Å². The van der Waals surface area contributed by atoms with Crippen molar-refractivity contribution in [1.29, 1.82) is 0 Å². The van der Waals surface area contributed by atoms with E-state index in [1.54, 1.807) is 20.8 Å². The van der Waals surface area contributed by atoms with E-state index in [9.17, 15) is 19.2 Å². The summed E-state index contributed by atoms with van der Waals surface area (Å²) >= 11 is 0. The highest BCUT2D eigenvalue weighted by molar-refractivity contribution is 5.86. The summed E-state index contributed by atoms with van der Waals surface area (Å²) in [6, 6.07) is 9.22. The van der Waals surface area contributed by atoms with Crippen molar-refractivity contribution in [2.45, 2.75) is 69.7 Å². The molecular formula is C24H30N4O7. The maximum absolute atomic E-state index is 13.2.